The number of rotatable bonds is 4. The maximum Gasteiger partial charge on any atom is 0.211 e. The summed E-state index contributed by atoms with van der Waals surface area (Å²) < 4.78 is 1.99. The maximum absolute atomic E-state index is 12.9. The van der Waals surface area contributed by atoms with Gasteiger partial charge >= 0.3 is 0 Å². The number of benzene rings is 2. The molecule has 3 nitrogen and oxygen atoms in total. The van der Waals surface area contributed by atoms with E-state index >= 15 is 0 Å². The van der Waals surface area contributed by atoms with Crippen molar-refractivity contribution in [2.75, 3.05) is 37.6 Å². The van der Waals surface area contributed by atoms with Crippen molar-refractivity contribution in [3.05, 3.63) is 80.2 Å². The number of piperazine rings is 1. The van der Waals surface area contributed by atoms with E-state index in [1.165, 1.54) is 5.56 Å². The molecule has 3 aromatic rings. The Kier molecular flexibility index (Phi) is 5.72. The Hall–Kier alpha value is -1.95. The third-order valence-corrected chi connectivity index (χ3v) is 6.35. The van der Waals surface area contributed by atoms with Gasteiger partial charge in [-0.05, 0) is 23.8 Å². The van der Waals surface area contributed by atoms with Gasteiger partial charge in [0.05, 0.1) is 5.69 Å². The first kappa shape index (κ1) is 18.4. The highest BCUT2D eigenvalue weighted by Crippen LogP contribution is 2.24. The van der Waals surface area contributed by atoms with E-state index in [0.717, 1.165) is 53.0 Å². The molecule has 0 radical (unpaired) electrons. The van der Waals surface area contributed by atoms with Crippen LogP contribution in [0.25, 0.3) is 16.2 Å². The van der Waals surface area contributed by atoms with Crippen molar-refractivity contribution in [3.8, 4) is 0 Å². The number of hydrogen-bond acceptors (Lipinski definition) is 4. The van der Waals surface area contributed by atoms with E-state index < -0.39 is 0 Å². The van der Waals surface area contributed by atoms with Crippen LogP contribution < -0.4 is 10.3 Å². The monoisotopic (exact) mass is 440 g/mol. The van der Waals surface area contributed by atoms with Gasteiger partial charge in [0.25, 0.3) is 0 Å². The van der Waals surface area contributed by atoms with Crippen LogP contribution in [0, 0.1) is 0 Å². The van der Waals surface area contributed by atoms with Crippen LogP contribution in [-0.2, 0) is 0 Å². The third-order valence-electron chi connectivity index (χ3n) is 4.90. The van der Waals surface area contributed by atoms with Crippen LogP contribution in [0.1, 0.15) is 5.56 Å². The van der Waals surface area contributed by atoms with Gasteiger partial charge < -0.3 is 4.90 Å². The molecule has 0 atom stereocenters. The lowest BCUT2D eigenvalue weighted by molar-refractivity contribution is 0.284. The molecule has 2 heterocycles. The molecule has 0 aliphatic carbocycles. The van der Waals surface area contributed by atoms with Crippen LogP contribution in [0.5, 0.6) is 0 Å². The lowest BCUT2D eigenvalue weighted by Gasteiger charge is -2.35. The Morgan fingerprint density at radius 2 is 1.81 bits per heavy atom. The highest BCUT2D eigenvalue weighted by molar-refractivity contribution is 9.10. The molecule has 1 saturated heterocycles. The van der Waals surface area contributed by atoms with Gasteiger partial charge in [0.15, 0.2) is 0 Å². The number of fused-ring (bicyclic) bond motifs is 1. The molecule has 0 bridgehead atoms. The van der Waals surface area contributed by atoms with E-state index in [-0.39, 0.29) is 5.43 Å². The Labute approximate surface area is 171 Å². The van der Waals surface area contributed by atoms with Gasteiger partial charge in [-0.1, -0.05) is 58.4 Å². The summed E-state index contributed by atoms with van der Waals surface area (Å²) in [5.74, 6) is 0. The highest BCUT2D eigenvalue weighted by Gasteiger charge is 2.19. The number of anilines is 1. The minimum absolute atomic E-state index is 0.141. The molecule has 1 aliphatic rings. The first-order valence-electron chi connectivity index (χ1n) is 9.11. The fourth-order valence-corrected chi connectivity index (χ4v) is 4.67. The molecule has 0 amide bonds. The summed E-state index contributed by atoms with van der Waals surface area (Å²) in [4.78, 5) is 17.6. The molecule has 2 aromatic carbocycles. The second kappa shape index (κ2) is 8.38. The fraction of sp³-hybridized carbons (Fsp3) is 0.227. The van der Waals surface area contributed by atoms with Crippen LogP contribution in [0.3, 0.4) is 0 Å². The summed E-state index contributed by atoms with van der Waals surface area (Å²) in [6.07, 6.45) is 4.39. The molecule has 4 rings (SSSR count). The predicted octanol–water partition coefficient (Wildman–Crippen LogP) is 4.86. The third kappa shape index (κ3) is 4.32. The summed E-state index contributed by atoms with van der Waals surface area (Å²) in [6, 6.07) is 16.3. The summed E-state index contributed by atoms with van der Waals surface area (Å²) in [5.41, 5.74) is 2.21. The van der Waals surface area contributed by atoms with Gasteiger partial charge in [-0.15, -0.1) is 11.3 Å². The van der Waals surface area contributed by atoms with E-state index in [1.807, 2.05) is 29.6 Å². The standard InChI is InChI=1S/C22H21BrN2OS/c23-18-8-9-21-19(15-18)22(26)20(16-27-21)25-13-11-24(12-14-25)10-4-7-17-5-2-1-3-6-17/h1-9,15-16H,10-14H2/b7-4+. The van der Waals surface area contributed by atoms with Crippen LogP contribution in [-0.4, -0.2) is 37.6 Å². The molecule has 1 fully saturated rings. The minimum Gasteiger partial charge on any atom is -0.365 e. The van der Waals surface area contributed by atoms with Crippen LogP contribution >= 0.6 is 27.3 Å². The first-order valence-corrected chi connectivity index (χ1v) is 10.8. The van der Waals surface area contributed by atoms with Crippen molar-refractivity contribution in [1.29, 1.82) is 0 Å². The number of hydrogen-bond donors (Lipinski definition) is 0. The maximum atomic E-state index is 12.9. The summed E-state index contributed by atoms with van der Waals surface area (Å²) in [6.45, 7) is 4.67. The van der Waals surface area contributed by atoms with Crippen LogP contribution in [0.15, 0.2) is 69.3 Å². The molecule has 0 spiro atoms. The second-order valence-corrected chi connectivity index (χ2v) is 8.52. The van der Waals surface area contributed by atoms with Gasteiger partial charge in [-0.25, -0.2) is 0 Å². The lowest BCUT2D eigenvalue weighted by Crippen LogP contribution is -2.47. The molecular weight excluding hydrogens is 420 g/mol. The normalized spacial score (nSPS) is 15.7. The molecule has 1 aliphatic heterocycles. The van der Waals surface area contributed by atoms with Crippen LogP contribution in [0.4, 0.5) is 5.69 Å². The fourth-order valence-electron chi connectivity index (χ4n) is 3.38. The van der Waals surface area contributed by atoms with Crippen LogP contribution in [0.2, 0.25) is 0 Å². The average molecular weight is 441 g/mol. The zero-order valence-electron chi connectivity index (χ0n) is 15.0. The Morgan fingerprint density at radius 1 is 1.04 bits per heavy atom. The largest absolute Gasteiger partial charge is 0.365 e. The van der Waals surface area contributed by atoms with Crippen molar-refractivity contribution >= 4 is 49.1 Å². The molecular formula is C22H21BrN2OS. The van der Waals surface area contributed by atoms with Crippen molar-refractivity contribution in [2.24, 2.45) is 0 Å². The highest BCUT2D eigenvalue weighted by atomic mass is 79.9. The van der Waals surface area contributed by atoms with Gasteiger partial charge in [-0.3, -0.25) is 9.69 Å². The molecule has 1 aromatic heterocycles. The van der Waals surface area contributed by atoms with Gasteiger partial charge in [-0.2, -0.15) is 0 Å². The predicted molar refractivity (Wildman–Crippen MR) is 120 cm³/mol. The molecule has 138 valence electrons. The minimum atomic E-state index is 0.141. The van der Waals surface area contributed by atoms with E-state index in [0.29, 0.717) is 0 Å². The Morgan fingerprint density at radius 3 is 2.59 bits per heavy atom. The zero-order chi connectivity index (χ0) is 18.6. The Balaban J connectivity index is 1.41. The van der Waals surface area contributed by atoms with E-state index in [2.05, 4.69) is 62.1 Å². The summed E-state index contributed by atoms with van der Waals surface area (Å²) in [7, 11) is 0. The molecule has 0 saturated carbocycles. The SMILES string of the molecule is O=c1c(N2CCN(C/C=C/c3ccccc3)CC2)csc2ccc(Br)cc12. The second-order valence-electron chi connectivity index (χ2n) is 6.69. The smallest absolute Gasteiger partial charge is 0.211 e. The van der Waals surface area contributed by atoms with E-state index in [4.69, 9.17) is 0 Å². The summed E-state index contributed by atoms with van der Waals surface area (Å²) in [5, 5.41) is 2.82. The molecule has 0 N–H and O–H groups in total. The number of nitrogens with zero attached hydrogens (tertiary/aromatic N) is 2. The van der Waals surface area contributed by atoms with Crippen molar-refractivity contribution in [3.63, 3.8) is 0 Å². The first-order chi connectivity index (χ1) is 13.2. The van der Waals surface area contributed by atoms with Crippen molar-refractivity contribution < 1.29 is 0 Å². The number of halogens is 1. The average Bonchev–Trinajstić information content (AvgIpc) is 2.70. The van der Waals surface area contributed by atoms with Gasteiger partial charge in [0, 0.05) is 52.7 Å². The van der Waals surface area contributed by atoms with Crippen molar-refractivity contribution in [1.82, 2.24) is 4.90 Å². The zero-order valence-corrected chi connectivity index (χ0v) is 17.4. The van der Waals surface area contributed by atoms with E-state index in [1.54, 1.807) is 11.3 Å². The topological polar surface area (TPSA) is 23.6 Å². The quantitative estimate of drug-likeness (QED) is 0.578. The van der Waals surface area contributed by atoms with Gasteiger partial charge in [0.1, 0.15) is 0 Å². The molecule has 27 heavy (non-hydrogen) atoms. The van der Waals surface area contributed by atoms with Gasteiger partial charge in [0.2, 0.25) is 5.43 Å². The molecule has 5 heteroatoms. The van der Waals surface area contributed by atoms with E-state index in [9.17, 15) is 4.79 Å². The summed E-state index contributed by atoms with van der Waals surface area (Å²) >= 11 is 5.12. The Bertz CT molecular complexity index is 1010. The lowest BCUT2D eigenvalue weighted by atomic mass is 10.2. The molecule has 0 unspecified atom stereocenters. The van der Waals surface area contributed by atoms with Crippen molar-refractivity contribution in [2.45, 2.75) is 0 Å².